The van der Waals surface area contributed by atoms with Crippen LogP contribution in [0.4, 0.5) is 10.2 Å². The lowest BCUT2D eigenvalue weighted by Crippen LogP contribution is -2.27. The van der Waals surface area contributed by atoms with E-state index in [0.29, 0.717) is 34.6 Å². The predicted molar refractivity (Wildman–Crippen MR) is 139 cm³/mol. The number of nitrogen functional groups attached to an aromatic ring is 1. The van der Waals surface area contributed by atoms with E-state index in [0.717, 1.165) is 35.5 Å². The molecule has 1 aromatic carbocycles. The van der Waals surface area contributed by atoms with Gasteiger partial charge in [0.15, 0.2) is 11.6 Å². The maximum atomic E-state index is 14.0. The highest BCUT2D eigenvalue weighted by atomic mass is 35.5. The fraction of sp³-hybridized carbons (Fsp3) is 0.308. The van der Waals surface area contributed by atoms with Crippen molar-refractivity contribution in [1.82, 2.24) is 15.3 Å². The molecule has 2 aromatic heterocycles. The number of halogens is 3. The van der Waals surface area contributed by atoms with Crippen LogP contribution in [0, 0.1) is 11.7 Å². The van der Waals surface area contributed by atoms with E-state index < -0.39 is 11.9 Å². The van der Waals surface area contributed by atoms with E-state index in [9.17, 15) is 4.39 Å². The number of benzene rings is 1. The third-order valence-electron chi connectivity index (χ3n) is 5.88. The van der Waals surface area contributed by atoms with Gasteiger partial charge < -0.3 is 20.5 Å². The van der Waals surface area contributed by atoms with E-state index in [4.69, 9.17) is 43.4 Å². The molecule has 1 aliphatic rings. The molecule has 3 heterocycles. The molecule has 1 unspecified atom stereocenters. The molecule has 0 radical (unpaired) electrons. The summed E-state index contributed by atoms with van der Waals surface area (Å²) in [6.07, 6.45) is 4.92. The van der Waals surface area contributed by atoms with Crippen molar-refractivity contribution in [2.24, 2.45) is 5.92 Å². The van der Waals surface area contributed by atoms with E-state index in [1.807, 2.05) is 13.0 Å². The number of nitrogens with one attached hydrogen (secondary N) is 1. The van der Waals surface area contributed by atoms with Crippen LogP contribution in [0.25, 0.3) is 16.7 Å². The van der Waals surface area contributed by atoms with E-state index in [1.54, 1.807) is 25.4 Å². The number of aromatic nitrogens is 2. The van der Waals surface area contributed by atoms with E-state index in [-0.39, 0.29) is 10.8 Å². The van der Waals surface area contributed by atoms with Gasteiger partial charge in [0, 0.05) is 47.2 Å². The highest BCUT2D eigenvalue weighted by Crippen LogP contribution is 2.38. The van der Waals surface area contributed by atoms with Crippen molar-refractivity contribution in [1.29, 1.82) is 0 Å². The van der Waals surface area contributed by atoms with Crippen LogP contribution in [0.3, 0.4) is 0 Å². The third-order valence-corrected chi connectivity index (χ3v) is 6.59. The quantitative estimate of drug-likeness (QED) is 0.357. The highest BCUT2D eigenvalue weighted by molar-refractivity contribution is 6.36. The fourth-order valence-electron chi connectivity index (χ4n) is 4.08. The largest absolute Gasteiger partial charge is 0.492 e. The van der Waals surface area contributed by atoms with Crippen molar-refractivity contribution >= 4 is 34.6 Å². The summed E-state index contributed by atoms with van der Waals surface area (Å²) >= 11 is 12.4. The Kier molecular flexibility index (Phi) is 7.79. The van der Waals surface area contributed by atoms with E-state index in [1.165, 1.54) is 12.1 Å². The number of anilines is 1. The molecule has 6 nitrogen and oxygen atoms in total. The molecule has 4 rings (SSSR count). The first-order valence-corrected chi connectivity index (χ1v) is 12.2. The average Bonchev–Trinajstić information content (AvgIpc) is 2.84. The third kappa shape index (κ3) is 5.37. The van der Waals surface area contributed by atoms with Crippen LogP contribution in [0.1, 0.15) is 38.1 Å². The van der Waals surface area contributed by atoms with Crippen molar-refractivity contribution in [3.63, 3.8) is 0 Å². The number of hydrogen-bond acceptors (Lipinski definition) is 6. The van der Waals surface area contributed by atoms with Crippen molar-refractivity contribution in [2.45, 2.75) is 26.9 Å². The molecular formula is C26H27Cl2FN4O2. The van der Waals surface area contributed by atoms with Crippen LogP contribution in [0.15, 0.2) is 42.7 Å². The zero-order valence-corrected chi connectivity index (χ0v) is 21.3. The Morgan fingerprint density at radius 1 is 1.17 bits per heavy atom. The zero-order valence-electron chi connectivity index (χ0n) is 19.7. The summed E-state index contributed by atoms with van der Waals surface area (Å²) in [5, 5.41) is 3.57. The second kappa shape index (κ2) is 10.8. The molecule has 0 fully saturated rings. The van der Waals surface area contributed by atoms with E-state index >= 15 is 0 Å². The molecule has 0 amide bonds. The van der Waals surface area contributed by atoms with Gasteiger partial charge in [0.05, 0.1) is 11.6 Å². The lowest BCUT2D eigenvalue weighted by molar-refractivity contribution is 0.227. The van der Waals surface area contributed by atoms with Crippen LogP contribution in [-0.2, 0) is 0 Å². The Labute approximate surface area is 214 Å². The highest BCUT2D eigenvalue weighted by Gasteiger charge is 2.22. The number of nitrogens with two attached hydrogens (primary N) is 1. The van der Waals surface area contributed by atoms with Crippen molar-refractivity contribution in [3.05, 3.63) is 69.9 Å². The van der Waals surface area contributed by atoms with Gasteiger partial charge in [-0.1, -0.05) is 36.2 Å². The topological polar surface area (TPSA) is 82.3 Å². The maximum absolute atomic E-state index is 14.0. The summed E-state index contributed by atoms with van der Waals surface area (Å²) in [6, 6.07) is 6.36. The first-order valence-electron chi connectivity index (χ1n) is 11.4. The molecule has 0 spiro atoms. The van der Waals surface area contributed by atoms with Crippen LogP contribution in [-0.4, -0.2) is 29.7 Å². The van der Waals surface area contributed by atoms with Gasteiger partial charge in [-0.2, -0.15) is 0 Å². The summed E-state index contributed by atoms with van der Waals surface area (Å²) in [7, 11) is 0. The SMILES string of the molecule is CCOc1cc(-c2cnc(N)c(O[C@H](C)c3c(Cl)ccc(F)c3Cl)c2)cnc1C1=CCNCC1C. The molecule has 0 bridgehead atoms. The van der Waals surface area contributed by atoms with Gasteiger partial charge in [0.2, 0.25) is 0 Å². The maximum Gasteiger partial charge on any atom is 0.166 e. The molecular weight excluding hydrogens is 490 g/mol. The molecule has 3 N–H and O–H groups in total. The normalized spacial score (nSPS) is 16.5. The lowest BCUT2D eigenvalue weighted by atomic mass is 9.93. The van der Waals surface area contributed by atoms with Gasteiger partial charge in [0.25, 0.3) is 0 Å². The first kappa shape index (κ1) is 25.2. The van der Waals surface area contributed by atoms with Crippen molar-refractivity contribution in [3.8, 4) is 22.6 Å². The number of rotatable bonds is 7. The molecule has 0 saturated heterocycles. The summed E-state index contributed by atoms with van der Waals surface area (Å²) in [4.78, 5) is 9.03. The number of ether oxygens (including phenoxy) is 2. The molecule has 2 atom stereocenters. The minimum absolute atomic E-state index is 0.0877. The Morgan fingerprint density at radius 3 is 2.60 bits per heavy atom. The molecule has 184 valence electrons. The smallest absolute Gasteiger partial charge is 0.166 e. The monoisotopic (exact) mass is 516 g/mol. The minimum Gasteiger partial charge on any atom is -0.492 e. The predicted octanol–water partition coefficient (Wildman–Crippen LogP) is 6.33. The number of hydrogen-bond donors (Lipinski definition) is 2. The summed E-state index contributed by atoms with van der Waals surface area (Å²) < 4.78 is 26.0. The van der Waals surface area contributed by atoms with Gasteiger partial charge in [-0.05, 0) is 49.6 Å². The van der Waals surface area contributed by atoms with Gasteiger partial charge in [-0.3, -0.25) is 4.98 Å². The second-order valence-electron chi connectivity index (χ2n) is 8.35. The van der Waals surface area contributed by atoms with Crippen LogP contribution < -0.4 is 20.5 Å². The molecule has 0 aliphatic carbocycles. The molecule has 35 heavy (non-hydrogen) atoms. The molecule has 0 saturated carbocycles. The van der Waals surface area contributed by atoms with Crippen molar-refractivity contribution in [2.75, 3.05) is 25.4 Å². The van der Waals surface area contributed by atoms with E-state index in [2.05, 4.69) is 23.3 Å². The Balaban J connectivity index is 1.67. The van der Waals surface area contributed by atoms with Gasteiger partial charge in [-0.25, -0.2) is 9.37 Å². The number of pyridine rings is 2. The van der Waals surface area contributed by atoms with Crippen LogP contribution in [0.5, 0.6) is 11.5 Å². The average molecular weight is 517 g/mol. The first-order chi connectivity index (χ1) is 16.8. The standard InChI is InChI=1S/C26H27Cl2FN4O2/c1-4-34-21-9-16(12-32-25(21)18-7-8-31-11-14(18)2)17-10-22(26(30)33-13-17)35-15(3)23-19(27)5-6-20(29)24(23)28/h5-7,9-10,12-15,31H,4,8,11H2,1-3H3,(H2,30,33)/t14?,15-/m1/s1. The van der Waals surface area contributed by atoms with Crippen LogP contribution in [0.2, 0.25) is 10.0 Å². The lowest BCUT2D eigenvalue weighted by Gasteiger charge is -2.23. The Bertz CT molecular complexity index is 1270. The second-order valence-corrected chi connectivity index (χ2v) is 9.13. The molecule has 9 heteroatoms. The van der Waals surface area contributed by atoms with Crippen molar-refractivity contribution < 1.29 is 13.9 Å². The summed E-state index contributed by atoms with van der Waals surface area (Å²) in [5.74, 6) is 0.961. The van der Waals surface area contributed by atoms with Gasteiger partial charge in [-0.15, -0.1) is 0 Å². The summed E-state index contributed by atoms with van der Waals surface area (Å²) in [6.45, 7) is 8.03. The van der Waals surface area contributed by atoms with Gasteiger partial charge in [0.1, 0.15) is 23.4 Å². The van der Waals surface area contributed by atoms with Crippen LogP contribution >= 0.6 is 23.2 Å². The zero-order chi connectivity index (χ0) is 25.1. The minimum atomic E-state index is -0.669. The van der Waals surface area contributed by atoms with Gasteiger partial charge >= 0.3 is 0 Å². The molecule has 3 aromatic rings. The Hall–Kier alpha value is -2.87. The fourth-order valence-corrected chi connectivity index (χ4v) is 4.76. The summed E-state index contributed by atoms with van der Waals surface area (Å²) in [5.41, 5.74) is 9.97. The Morgan fingerprint density at radius 2 is 1.89 bits per heavy atom. The molecule has 1 aliphatic heterocycles. The number of nitrogens with zero attached hydrogens (tertiary/aromatic N) is 2.